The van der Waals surface area contributed by atoms with Crippen LogP contribution >= 0.6 is 11.3 Å². The molecule has 1 saturated heterocycles. The number of carbonyl (C=O) groups is 2. The van der Waals surface area contributed by atoms with Gasteiger partial charge in [0.15, 0.2) is 0 Å². The van der Waals surface area contributed by atoms with Crippen LogP contribution in [0.2, 0.25) is 0 Å². The zero-order valence-corrected chi connectivity index (χ0v) is 20.0. The van der Waals surface area contributed by atoms with Gasteiger partial charge in [-0.3, -0.25) is 9.78 Å². The van der Waals surface area contributed by atoms with Crippen LogP contribution in [0.15, 0.2) is 30.6 Å². The lowest BCUT2D eigenvalue weighted by atomic mass is 9.88. The first-order chi connectivity index (χ1) is 16.6. The van der Waals surface area contributed by atoms with Crippen LogP contribution in [0.1, 0.15) is 40.8 Å². The highest BCUT2D eigenvalue weighted by Gasteiger charge is 2.31. The summed E-state index contributed by atoms with van der Waals surface area (Å²) < 4.78 is 10.9. The SMILES string of the molecule is COCC1CCCN1C(=O)OCC1CCc2c(sc(NC(=O)C=Cc3cccnc3)c2C#N)C1. The molecule has 0 aromatic carbocycles. The number of thiophene rings is 1. The van der Waals surface area contributed by atoms with E-state index in [1.54, 1.807) is 36.5 Å². The summed E-state index contributed by atoms with van der Waals surface area (Å²) in [6.07, 6.45) is 10.4. The third-order valence-corrected chi connectivity index (χ3v) is 7.41. The molecule has 0 bridgehead atoms. The highest BCUT2D eigenvalue weighted by molar-refractivity contribution is 7.16. The Bertz CT molecular complexity index is 1090. The molecule has 178 valence electrons. The van der Waals surface area contributed by atoms with E-state index in [0.717, 1.165) is 48.1 Å². The molecule has 2 atom stereocenters. The largest absolute Gasteiger partial charge is 0.449 e. The molecule has 2 unspecified atom stereocenters. The van der Waals surface area contributed by atoms with Gasteiger partial charge in [-0.05, 0) is 61.3 Å². The number of aromatic nitrogens is 1. The quantitative estimate of drug-likeness (QED) is 0.600. The van der Waals surface area contributed by atoms with E-state index in [0.29, 0.717) is 30.3 Å². The van der Waals surface area contributed by atoms with Crippen molar-refractivity contribution in [3.8, 4) is 6.07 Å². The first kappa shape index (κ1) is 23.9. The van der Waals surface area contributed by atoms with Crippen molar-refractivity contribution in [2.75, 3.05) is 32.2 Å². The summed E-state index contributed by atoms with van der Waals surface area (Å²) in [7, 11) is 1.64. The fourth-order valence-corrected chi connectivity index (χ4v) is 5.83. The minimum atomic E-state index is -0.291. The Morgan fingerprint density at radius 3 is 3.03 bits per heavy atom. The number of anilines is 1. The highest BCUT2D eigenvalue weighted by atomic mass is 32.1. The molecule has 2 aromatic heterocycles. The average Bonchev–Trinajstić information content (AvgIpc) is 3.45. The van der Waals surface area contributed by atoms with Crippen LogP contribution < -0.4 is 5.32 Å². The monoisotopic (exact) mass is 480 g/mol. The summed E-state index contributed by atoms with van der Waals surface area (Å²) in [6.45, 7) is 1.58. The van der Waals surface area contributed by atoms with Gasteiger partial charge in [0.2, 0.25) is 5.91 Å². The van der Waals surface area contributed by atoms with E-state index in [1.165, 1.54) is 17.4 Å². The number of ether oxygens (including phenoxy) is 2. The minimum absolute atomic E-state index is 0.0873. The zero-order valence-electron chi connectivity index (χ0n) is 19.2. The third kappa shape index (κ3) is 5.64. The second-order valence-corrected chi connectivity index (χ2v) is 9.66. The van der Waals surface area contributed by atoms with Crippen molar-refractivity contribution >= 4 is 34.4 Å². The molecule has 1 aliphatic heterocycles. The number of hydrogen-bond acceptors (Lipinski definition) is 7. The number of amides is 2. The Hall–Kier alpha value is -3.22. The molecule has 2 aromatic rings. The first-order valence-electron chi connectivity index (χ1n) is 11.4. The van der Waals surface area contributed by atoms with Gasteiger partial charge < -0.3 is 19.7 Å². The summed E-state index contributed by atoms with van der Waals surface area (Å²) >= 11 is 1.44. The molecule has 0 radical (unpaired) electrons. The van der Waals surface area contributed by atoms with Gasteiger partial charge in [0.25, 0.3) is 0 Å². The van der Waals surface area contributed by atoms with Crippen molar-refractivity contribution in [1.29, 1.82) is 5.26 Å². The van der Waals surface area contributed by atoms with Crippen LogP contribution in [0.25, 0.3) is 6.08 Å². The van der Waals surface area contributed by atoms with Gasteiger partial charge in [-0.15, -0.1) is 11.3 Å². The molecule has 3 heterocycles. The van der Waals surface area contributed by atoms with E-state index in [4.69, 9.17) is 9.47 Å². The lowest BCUT2D eigenvalue weighted by molar-refractivity contribution is -0.111. The Kier molecular flexibility index (Phi) is 7.93. The second-order valence-electron chi connectivity index (χ2n) is 8.56. The molecule has 4 rings (SSSR count). The molecule has 1 N–H and O–H groups in total. The summed E-state index contributed by atoms with van der Waals surface area (Å²) in [5, 5.41) is 13.1. The number of nitriles is 1. The molecule has 9 heteroatoms. The third-order valence-electron chi connectivity index (χ3n) is 6.24. The van der Waals surface area contributed by atoms with E-state index in [2.05, 4.69) is 16.4 Å². The molecule has 2 amide bonds. The maximum Gasteiger partial charge on any atom is 0.410 e. The smallest absolute Gasteiger partial charge is 0.410 e. The number of rotatable bonds is 7. The molecule has 1 aliphatic carbocycles. The summed E-state index contributed by atoms with van der Waals surface area (Å²) in [5.41, 5.74) is 2.36. The fraction of sp³-hybridized carbons (Fsp3) is 0.440. The molecule has 1 fully saturated rings. The van der Waals surface area contributed by atoms with Crippen molar-refractivity contribution in [3.63, 3.8) is 0 Å². The van der Waals surface area contributed by atoms with Crippen LogP contribution in [-0.4, -0.2) is 54.8 Å². The number of nitrogens with zero attached hydrogens (tertiary/aromatic N) is 3. The van der Waals surface area contributed by atoms with Crippen molar-refractivity contribution in [1.82, 2.24) is 9.88 Å². The molecule has 8 nitrogen and oxygen atoms in total. The van der Waals surface area contributed by atoms with Gasteiger partial charge in [-0.25, -0.2) is 4.79 Å². The second kappa shape index (κ2) is 11.3. The van der Waals surface area contributed by atoms with Gasteiger partial charge in [0.1, 0.15) is 11.1 Å². The molecule has 0 spiro atoms. The Morgan fingerprint density at radius 2 is 2.26 bits per heavy atom. The van der Waals surface area contributed by atoms with Crippen LogP contribution in [0, 0.1) is 17.2 Å². The van der Waals surface area contributed by atoms with Crippen molar-refractivity contribution in [2.45, 2.75) is 38.1 Å². The summed E-state index contributed by atoms with van der Waals surface area (Å²) in [5.74, 6) is -0.0974. The highest BCUT2D eigenvalue weighted by Crippen LogP contribution is 2.39. The van der Waals surface area contributed by atoms with E-state index < -0.39 is 0 Å². The Morgan fingerprint density at radius 1 is 1.38 bits per heavy atom. The fourth-order valence-electron chi connectivity index (χ4n) is 4.52. The number of hydrogen-bond donors (Lipinski definition) is 1. The molecule has 2 aliphatic rings. The van der Waals surface area contributed by atoms with Gasteiger partial charge in [0.05, 0.1) is 24.8 Å². The number of likely N-dealkylation sites (tertiary alicyclic amines) is 1. The Labute approximate surface area is 203 Å². The van der Waals surface area contributed by atoms with Crippen molar-refractivity contribution < 1.29 is 19.1 Å². The number of pyridine rings is 1. The van der Waals surface area contributed by atoms with Crippen molar-refractivity contribution in [3.05, 3.63) is 52.2 Å². The Balaban J connectivity index is 1.35. The normalized spacial score (nSPS) is 19.6. The van der Waals surface area contributed by atoms with Gasteiger partial charge in [-0.2, -0.15) is 5.26 Å². The number of carbonyl (C=O) groups excluding carboxylic acids is 2. The number of nitrogens with one attached hydrogen (secondary N) is 1. The van der Waals surface area contributed by atoms with Crippen molar-refractivity contribution in [2.24, 2.45) is 5.92 Å². The minimum Gasteiger partial charge on any atom is -0.449 e. The predicted octanol–water partition coefficient (Wildman–Crippen LogP) is 4.02. The molecular weight excluding hydrogens is 452 g/mol. The first-order valence-corrected chi connectivity index (χ1v) is 12.3. The van der Waals surface area contributed by atoms with E-state index in [1.807, 2.05) is 6.07 Å². The maximum atomic E-state index is 12.6. The predicted molar refractivity (Wildman–Crippen MR) is 129 cm³/mol. The molecule has 34 heavy (non-hydrogen) atoms. The lowest BCUT2D eigenvalue weighted by Crippen LogP contribution is -2.39. The van der Waals surface area contributed by atoms with Crippen LogP contribution in [0.3, 0.4) is 0 Å². The van der Waals surface area contributed by atoms with Gasteiger partial charge in [0, 0.05) is 37.0 Å². The molecule has 0 saturated carbocycles. The molecular formula is C25H28N4O4S. The maximum absolute atomic E-state index is 12.6. The number of methoxy groups -OCH3 is 1. The van der Waals surface area contributed by atoms with Gasteiger partial charge >= 0.3 is 6.09 Å². The van der Waals surface area contributed by atoms with E-state index in [9.17, 15) is 14.9 Å². The van der Waals surface area contributed by atoms with E-state index >= 15 is 0 Å². The van der Waals surface area contributed by atoms with E-state index in [-0.39, 0.29) is 24.0 Å². The average molecular weight is 481 g/mol. The topological polar surface area (TPSA) is 105 Å². The zero-order chi connectivity index (χ0) is 23.9. The summed E-state index contributed by atoms with van der Waals surface area (Å²) in [4.78, 5) is 31.8. The van der Waals surface area contributed by atoms with Crippen LogP contribution in [0.4, 0.5) is 9.80 Å². The number of fused-ring (bicyclic) bond motifs is 1. The summed E-state index contributed by atoms with van der Waals surface area (Å²) in [6, 6.07) is 6.00. The lowest BCUT2D eigenvalue weighted by Gasteiger charge is -2.26. The standard InChI is InChI=1S/C25H28N4O4S/c1-32-16-19-5-3-11-29(19)25(31)33-15-18-6-8-20-21(13-26)24(34-22(20)12-18)28-23(30)9-7-17-4-2-10-27-14-17/h2,4,7,9-10,14,18-19H,3,5-6,8,11-12,15-16H2,1H3,(H,28,30). The van der Waals surface area contributed by atoms with Crippen LogP contribution in [-0.2, 0) is 27.1 Å². The van der Waals surface area contributed by atoms with Crippen LogP contribution in [0.5, 0.6) is 0 Å². The van der Waals surface area contributed by atoms with Gasteiger partial charge in [-0.1, -0.05) is 6.07 Å².